The summed E-state index contributed by atoms with van der Waals surface area (Å²) in [6.07, 6.45) is 0. The van der Waals surface area contributed by atoms with Crippen LogP contribution in [0.2, 0.25) is 0 Å². The predicted octanol–water partition coefficient (Wildman–Crippen LogP) is -0.676. The third-order valence-electron chi connectivity index (χ3n) is 1.18. The van der Waals surface area contributed by atoms with E-state index in [1.165, 1.54) is 0 Å². The molecule has 1 aliphatic rings. The Bertz CT molecular complexity index is 62.7. The van der Waals surface area contributed by atoms with Gasteiger partial charge in [-0.25, -0.2) is 0 Å². The summed E-state index contributed by atoms with van der Waals surface area (Å²) in [4.78, 5) is 0. The van der Waals surface area contributed by atoms with Gasteiger partial charge in [-0.1, -0.05) is 11.2 Å². The zero-order chi connectivity index (χ0) is 5.28. The molecule has 0 amide bonds. The van der Waals surface area contributed by atoms with Gasteiger partial charge in [-0.3, -0.25) is 0 Å². The lowest BCUT2D eigenvalue weighted by molar-refractivity contribution is 0.526. The molecule has 0 atom stereocenters. The molecule has 0 saturated carbocycles. The Hall–Kier alpha value is 0.270. The lowest BCUT2D eigenvalue weighted by atomic mass is 10.2. The topological polar surface area (TPSA) is 49.1 Å². The second-order valence-electron chi connectivity index (χ2n) is 1.87. The molecule has 42 valence electrons. The van der Waals surface area contributed by atoms with E-state index >= 15 is 0 Å². The van der Waals surface area contributed by atoms with Crippen molar-refractivity contribution in [2.45, 2.75) is 0 Å². The van der Waals surface area contributed by atoms with Gasteiger partial charge in [-0.2, -0.15) is 0 Å². The zero-order valence-electron chi connectivity index (χ0n) is 4.09. The molecule has 0 spiro atoms. The first-order valence-electron chi connectivity index (χ1n) is 2.38. The molecular formula is C4H9NOS. The second-order valence-corrected chi connectivity index (χ2v) is 3.42. The summed E-state index contributed by atoms with van der Waals surface area (Å²) in [7, 11) is 0. The van der Waals surface area contributed by atoms with Crippen LogP contribution in [-0.4, -0.2) is 22.6 Å². The van der Waals surface area contributed by atoms with E-state index in [1.807, 2.05) is 0 Å². The first kappa shape index (κ1) is 5.41. The van der Waals surface area contributed by atoms with Gasteiger partial charge in [0.15, 0.2) is 0 Å². The van der Waals surface area contributed by atoms with Crippen molar-refractivity contribution in [2.24, 2.45) is 11.7 Å². The molecule has 2 nitrogen and oxygen atoms in total. The molecule has 1 saturated heterocycles. The zero-order valence-corrected chi connectivity index (χ0v) is 4.91. The average molecular weight is 119 g/mol. The van der Waals surface area contributed by atoms with E-state index in [2.05, 4.69) is 0 Å². The molecule has 1 rings (SSSR count). The standard InChI is InChI=1S/C4H9NOS/c5-1-4-2-7(6)3-4/h4H,1-3,5H2. The van der Waals surface area contributed by atoms with E-state index in [-0.39, 0.29) is 0 Å². The van der Waals surface area contributed by atoms with E-state index in [4.69, 9.17) is 5.73 Å². The van der Waals surface area contributed by atoms with Crippen molar-refractivity contribution in [1.29, 1.82) is 0 Å². The van der Waals surface area contributed by atoms with Gasteiger partial charge in [0.05, 0.1) is 5.92 Å². The lowest BCUT2D eigenvalue weighted by Crippen LogP contribution is -2.40. The molecular weight excluding hydrogens is 110 g/mol. The predicted molar refractivity (Wildman–Crippen MR) is 30.4 cm³/mol. The summed E-state index contributed by atoms with van der Waals surface area (Å²) in [5.41, 5.74) is 5.26. The van der Waals surface area contributed by atoms with E-state index < -0.39 is 11.2 Å². The van der Waals surface area contributed by atoms with Gasteiger partial charge in [0.2, 0.25) is 0 Å². The first-order chi connectivity index (χ1) is 3.33. The van der Waals surface area contributed by atoms with Crippen molar-refractivity contribution in [3.05, 3.63) is 0 Å². The number of nitrogens with two attached hydrogens (primary N) is 1. The summed E-state index contributed by atoms with van der Waals surface area (Å²) < 4.78 is 10.3. The van der Waals surface area contributed by atoms with Crippen LogP contribution >= 0.6 is 0 Å². The quantitative estimate of drug-likeness (QED) is 0.465. The van der Waals surface area contributed by atoms with Crippen molar-refractivity contribution in [1.82, 2.24) is 0 Å². The third-order valence-corrected chi connectivity index (χ3v) is 2.86. The fraction of sp³-hybridized carbons (Fsp3) is 1.00. The lowest BCUT2D eigenvalue weighted by Gasteiger charge is -2.27. The van der Waals surface area contributed by atoms with Crippen LogP contribution in [-0.2, 0) is 11.2 Å². The maximum atomic E-state index is 10.3. The highest BCUT2D eigenvalue weighted by atomic mass is 32.2. The Morgan fingerprint density at radius 2 is 2.29 bits per heavy atom. The van der Waals surface area contributed by atoms with Gasteiger partial charge in [-0.05, 0) is 0 Å². The molecule has 1 heterocycles. The maximum Gasteiger partial charge on any atom is 0.114 e. The fourth-order valence-corrected chi connectivity index (χ4v) is 1.84. The average Bonchev–Trinajstić information content (AvgIpc) is 1.58. The van der Waals surface area contributed by atoms with Crippen LogP contribution in [0.25, 0.3) is 0 Å². The van der Waals surface area contributed by atoms with Crippen LogP contribution in [0.3, 0.4) is 0 Å². The van der Waals surface area contributed by atoms with E-state index in [0.717, 1.165) is 11.5 Å². The first-order valence-corrected chi connectivity index (χ1v) is 3.87. The fourth-order valence-electron chi connectivity index (χ4n) is 0.613. The Labute approximate surface area is 46.3 Å². The normalized spacial score (nSPS) is 40.3. The summed E-state index contributed by atoms with van der Waals surface area (Å²) in [6, 6.07) is 0. The molecule has 1 aliphatic heterocycles. The Balaban J connectivity index is 2.06. The molecule has 0 aromatic rings. The van der Waals surface area contributed by atoms with Crippen LogP contribution in [0.1, 0.15) is 0 Å². The smallest absolute Gasteiger partial charge is 0.114 e. The molecule has 0 bridgehead atoms. The highest BCUT2D eigenvalue weighted by Crippen LogP contribution is 2.15. The van der Waals surface area contributed by atoms with E-state index in [1.54, 1.807) is 0 Å². The minimum atomic E-state index is -0.502. The summed E-state index contributed by atoms with van der Waals surface area (Å²) in [5, 5.41) is 0. The molecule has 1 fully saturated rings. The Morgan fingerprint density at radius 1 is 1.71 bits per heavy atom. The van der Waals surface area contributed by atoms with Gasteiger partial charge < -0.3 is 10.3 Å². The molecule has 0 aromatic carbocycles. The SMILES string of the molecule is NCC1C[S+]([O-])C1. The molecule has 3 heteroatoms. The molecule has 0 aliphatic carbocycles. The number of hydrogen-bond acceptors (Lipinski definition) is 2. The molecule has 0 radical (unpaired) electrons. The van der Waals surface area contributed by atoms with E-state index in [0.29, 0.717) is 12.5 Å². The molecule has 2 N–H and O–H groups in total. The van der Waals surface area contributed by atoms with Gasteiger partial charge in [0, 0.05) is 6.54 Å². The minimum absolute atomic E-state index is 0.502. The minimum Gasteiger partial charge on any atom is -0.616 e. The van der Waals surface area contributed by atoms with Crippen LogP contribution in [0.15, 0.2) is 0 Å². The van der Waals surface area contributed by atoms with Gasteiger partial charge >= 0.3 is 0 Å². The molecule has 0 unspecified atom stereocenters. The van der Waals surface area contributed by atoms with Crippen LogP contribution < -0.4 is 5.73 Å². The summed E-state index contributed by atoms with van der Waals surface area (Å²) in [6.45, 7) is 0.714. The van der Waals surface area contributed by atoms with Crippen molar-refractivity contribution < 1.29 is 4.55 Å². The maximum absolute atomic E-state index is 10.3. The van der Waals surface area contributed by atoms with Crippen LogP contribution in [0.4, 0.5) is 0 Å². The van der Waals surface area contributed by atoms with Crippen molar-refractivity contribution in [3.8, 4) is 0 Å². The highest BCUT2D eigenvalue weighted by Gasteiger charge is 2.29. The summed E-state index contributed by atoms with van der Waals surface area (Å²) >= 11 is -0.502. The third kappa shape index (κ3) is 1.08. The van der Waals surface area contributed by atoms with Crippen molar-refractivity contribution in [3.63, 3.8) is 0 Å². The number of hydrogen-bond donors (Lipinski definition) is 1. The number of rotatable bonds is 1. The second kappa shape index (κ2) is 2.03. The van der Waals surface area contributed by atoms with Gasteiger partial charge in [0.25, 0.3) is 0 Å². The van der Waals surface area contributed by atoms with Crippen molar-refractivity contribution in [2.75, 3.05) is 18.1 Å². The largest absolute Gasteiger partial charge is 0.616 e. The van der Waals surface area contributed by atoms with E-state index in [9.17, 15) is 4.55 Å². The monoisotopic (exact) mass is 119 g/mol. The molecule has 7 heavy (non-hydrogen) atoms. The Kier molecular flexibility index (Phi) is 1.57. The van der Waals surface area contributed by atoms with Gasteiger partial charge in [-0.15, -0.1) is 0 Å². The van der Waals surface area contributed by atoms with Crippen molar-refractivity contribution >= 4 is 11.2 Å². The Morgan fingerprint density at radius 3 is 2.43 bits per heavy atom. The summed E-state index contributed by atoms with van der Waals surface area (Å²) in [5.74, 6) is 2.26. The van der Waals surface area contributed by atoms with Crippen LogP contribution in [0, 0.1) is 5.92 Å². The highest BCUT2D eigenvalue weighted by molar-refractivity contribution is 7.92. The molecule has 0 aromatic heterocycles. The van der Waals surface area contributed by atoms with Gasteiger partial charge in [0.1, 0.15) is 11.5 Å². The van der Waals surface area contributed by atoms with Crippen LogP contribution in [0.5, 0.6) is 0 Å².